The first kappa shape index (κ1) is 16.6. The Balaban J connectivity index is 1.71. The molecule has 0 aliphatic carbocycles. The molecule has 2 heterocycles. The van der Waals surface area contributed by atoms with Gasteiger partial charge >= 0.3 is 6.03 Å². The fourth-order valence-electron chi connectivity index (χ4n) is 1.77. The normalized spacial score (nSPS) is 11.2. The molecule has 0 spiro atoms. The van der Waals surface area contributed by atoms with Gasteiger partial charge in [0, 0.05) is 5.56 Å². The van der Waals surface area contributed by atoms with Gasteiger partial charge in [-0.25, -0.2) is 27.9 Å². The number of urea groups is 1. The molecule has 0 saturated carbocycles. The van der Waals surface area contributed by atoms with Crippen molar-refractivity contribution in [2.75, 3.05) is 5.32 Å². The summed E-state index contributed by atoms with van der Waals surface area (Å²) in [5.41, 5.74) is 0.670. The maximum absolute atomic E-state index is 12.2. The van der Waals surface area contributed by atoms with Crippen LogP contribution in [0.5, 0.6) is 0 Å². The van der Waals surface area contributed by atoms with Crippen LogP contribution in [0.3, 0.4) is 0 Å². The number of hydrogen-bond donors (Lipinski definition) is 2. The number of aromatic nitrogens is 2. The zero-order valence-electron chi connectivity index (χ0n) is 11.8. The van der Waals surface area contributed by atoms with Gasteiger partial charge in [-0.1, -0.05) is 11.3 Å². The molecule has 0 saturated heterocycles. The second kappa shape index (κ2) is 6.71. The zero-order valence-corrected chi connectivity index (χ0v) is 15.0. The van der Waals surface area contributed by atoms with Gasteiger partial charge in [0.1, 0.15) is 0 Å². The minimum atomic E-state index is -4.00. The Labute approximate surface area is 149 Å². The molecule has 24 heavy (non-hydrogen) atoms. The lowest BCUT2D eigenvalue weighted by atomic mass is 10.2. The van der Waals surface area contributed by atoms with Crippen molar-refractivity contribution >= 4 is 48.5 Å². The standard InChI is InChI=1S/C13H9BrN4O4S2/c14-11-6-16-13(23-11)17-12(19)18-24(20,21)9-3-1-8(2-4-9)10-5-15-7-22-10/h1-7H,(H2,16,17,18,19). The number of amides is 2. The first-order valence-electron chi connectivity index (χ1n) is 6.38. The third-order valence-corrected chi connectivity index (χ3v) is 5.54. The van der Waals surface area contributed by atoms with Crippen molar-refractivity contribution in [3.8, 4) is 11.3 Å². The van der Waals surface area contributed by atoms with E-state index in [1.807, 2.05) is 4.72 Å². The van der Waals surface area contributed by atoms with Crippen LogP contribution >= 0.6 is 27.3 Å². The van der Waals surface area contributed by atoms with E-state index in [2.05, 4.69) is 31.2 Å². The molecule has 0 fully saturated rings. The van der Waals surface area contributed by atoms with Gasteiger partial charge in [0.2, 0.25) is 0 Å². The van der Waals surface area contributed by atoms with Crippen LogP contribution in [0.25, 0.3) is 11.3 Å². The van der Waals surface area contributed by atoms with E-state index in [-0.39, 0.29) is 10.0 Å². The van der Waals surface area contributed by atoms with Crippen LogP contribution < -0.4 is 10.0 Å². The largest absolute Gasteiger partial charge is 0.444 e. The number of nitrogens with one attached hydrogen (secondary N) is 2. The number of oxazole rings is 1. The van der Waals surface area contributed by atoms with Crippen molar-refractivity contribution in [3.05, 3.63) is 46.8 Å². The summed E-state index contributed by atoms with van der Waals surface area (Å²) in [4.78, 5) is 19.4. The van der Waals surface area contributed by atoms with E-state index in [0.29, 0.717) is 15.1 Å². The van der Waals surface area contributed by atoms with Crippen LogP contribution in [-0.2, 0) is 10.0 Å². The minimum absolute atomic E-state index is 0.0544. The van der Waals surface area contributed by atoms with Crippen LogP contribution in [0.2, 0.25) is 0 Å². The lowest BCUT2D eigenvalue weighted by Gasteiger charge is -2.07. The Bertz CT molecular complexity index is 952. The van der Waals surface area contributed by atoms with Crippen LogP contribution in [0.4, 0.5) is 9.93 Å². The summed E-state index contributed by atoms with van der Waals surface area (Å²) in [6.07, 6.45) is 4.29. The Morgan fingerprint density at radius 2 is 1.96 bits per heavy atom. The SMILES string of the molecule is O=C(Nc1ncc(Br)s1)NS(=O)(=O)c1ccc(-c2cnco2)cc1. The van der Waals surface area contributed by atoms with Gasteiger partial charge in [0.05, 0.1) is 21.1 Å². The monoisotopic (exact) mass is 428 g/mol. The number of sulfonamides is 1. The van der Waals surface area contributed by atoms with Crippen LogP contribution in [0.1, 0.15) is 0 Å². The number of hydrogen-bond acceptors (Lipinski definition) is 7. The number of anilines is 1. The van der Waals surface area contributed by atoms with Crippen LogP contribution in [0.15, 0.2) is 56.2 Å². The highest BCUT2D eigenvalue weighted by Crippen LogP contribution is 2.23. The molecular weight excluding hydrogens is 420 g/mol. The summed E-state index contributed by atoms with van der Waals surface area (Å²) in [7, 11) is -4.00. The predicted molar refractivity (Wildman–Crippen MR) is 91.1 cm³/mol. The summed E-state index contributed by atoms with van der Waals surface area (Å²) in [5, 5.41) is 2.62. The van der Waals surface area contributed by atoms with Crippen molar-refractivity contribution in [1.29, 1.82) is 0 Å². The van der Waals surface area contributed by atoms with Gasteiger partial charge in [-0.2, -0.15) is 0 Å². The quantitative estimate of drug-likeness (QED) is 0.659. The lowest BCUT2D eigenvalue weighted by Crippen LogP contribution is -2.34. The summed E-state index contributed by atoms with van der Waals surface area (Å²) in [5.74, 6) is 0.513. The van der Waals surface area contributed by atoms with Crippen molar-refractivity contribution in [1.82, 2.24) is 14.7 Å². The van der Waals surface area contributed by atoms with E-state index >= 15 is 0 Å². The number of carbonyl (C=O) groups is 1. The minimum Gasteiger partial charge on any atom is -0.444 e. The van der Waals surface area contributed by atoms with Crippen molar-refractivity contribution in [3.63, 3.8) is 0 Å². The molecule has 8 nitrogen and oxygen atoms in total. The molecule has 2 amide bonds. The molecule has 0 aliphatic heterocycles. The number of rotatable bonds is 4. The van der Waals surface area contributed by atoms with E-state index in [4.69, 9.17) is 4.42 Å². The number of thiazole rings is 1. The van der Waals surface area contributed by atoms with E-state index in [1.165, 1.54) is 30.9 Å². The zero-order chi connectivity index (χ0) is 17.2. The molecule has 0 unspecified atom stereocenters. The maximum atomic E-state index is 12.2. The van der Waals surface area contributed by atoms with Gasteiger partial charge < -0.3 is 4.42 Å². The van der Waals surface area contributed by atoms with E-state index < -0.39 is 16.1 Å². The van der Waals surface area contributed by atoms with Crippen LogP contribution in [-0.4, -0.2) is 24.4 Å². The molecule has 0 radical (unpaired) electrons. The molecule has 3 rings (SSSR count). The molecule has 2 N–H and O–H groups in total. The van der Waals surface area contributed by atoms with Crippen molar-refractivity contribution < 1.29 is 17.6 Å². The number of nitrogens with zero attached hydrogens (tertiary/aromatic N) is 2. The van der Waals surface area contributed by atoms with Crippen molar-refractivity contribution in [2.45, 2.75) is 4.90 Å². The molecule has 1 aromatic carbocycles. The second-order valence-electron chi connectivity index (χ2n) is 4.42. The summed E-state index contributed by atoms with van der Waals surface area (Å²) in [6.45, 7) is 0. The smallest absolute Gasteiger partial charge is 0.334 e. The van der Waals surface area contributed by atoms with Crippen LogP contribution in [0, 0.1) is 0 Å². The molecular formula is C13H9BrN4O4S2. The van der Waals surface area contributed by atoms with E-state index in [0.717, 1.165) is 11.3 Å². The third kappa shape index (κ3) is 3.80. The average Bonchev–Trinajstić information content (AvgIpc) is 3.19. The Hall–Kier alpha value is -2.24. The van der Waals surface area contributed by atoms with Crippen molar-refractivity contribution in [2.24, 2.45) is 0 Å². The molecule has 0 atom stereocenters. The maximum Gasteiger partial charge on any atom is 0.334 e. The molecule has 124 valence electrons. The number of carbonyl (C=O) groups excluding carboxylic acids is 1. The van der Waals surface area contributed by atoms with Gasteiger partial charge in [0.15, 0.2) is 17.3 Å². The van der Waals surface area contributed by atoms with Gasteiger partial charge in [0.25, 0.3) is 10.0 Å². The second-order valence-corrected chi connectivity index (χ2v) is 8.51. The Morgan fingerprint density at radius 3 is 2.54 bits per heavy atom. The highest BCUT2D eigenvalue weighted by molar-refractivity contribution is 9.11. The first-order chi connectivity index (χ1) is 11.4. The highest BCUT2D eigenvalue weighted by Gasteiger charge is 2.18. The summed E-state index contributed by atoms with van der Waals surface area (Å²) >= 11 is 4.36. The predicted octanol–water partition coefficient (Wildman–Crippen LogP) is 3.07. The third-order valence-electron chi connectivity index (χ3n) is 2.81. The van der Waals surface area contributed by atoms with Gasteiger partial charge in [-0.05, 0) is 40.2 Å². The van der Waals surface area contributed by atoms with E-state index in [9.17, 15) is 13.2 Å². The Kier molecular flexibility index (Phi) is 4.64. The molecule has 3 aromatic rings. The fraction of sp³-hybridized carbons (Fsp3) is 0. The number of halogens is 1. The average molecular weight is 429 g/mol. The highest BCUT2D eigenvalue weighted by atomic mass is 79.9. The molecule has 2 aromatic heterocycles. The topological polar surface area (TPSA) is 114 Å². The molecule has 0 bridgehead atoms. The summed E-state index contributed by atoms with van der Waals surface area (Å²) in [6, 6.07) is 4.97. The van der Waals surface area contributed by atoms with Gasteiger partial charge in [-0.15, -0.1) is 0 Å². The first-order valence-corrected chi connectivity index (χ1v) is 9.47. The van der Waals surface area contributed by atoms with Gasteiger partial charge in [-0.3, -0.25) is 5.32 Å². The molecule has 11 heteroatoms. The Morgan fingerprint density at radius 1 is 1.21 bits per heavy atom. The van der Waals surface area contributed by atoms with E-state index in [1.54, 1.807) is 12.1 Å². The molecule has 0 aliphatic rings. The lowest BCUT2D eigenvalue weighted by molar-refractivity contribution is 0.256. The fourth-order valence-corrected chi connectivity index (χ4v) is 3.78. The summed E-state index contributed by atoms with van der Waals surface area (Å²) < 4.78 is 32.2. The number of benzene rings is 1.